The first kappa shape index (κ1) is 54.0. The van der Waals surface area contributed by atoms with Crippen molar-refractivity contribution in [1.29, 1.82) is 0 Å². The molecule has 0 unspecified atom stereocenters. The number of amides is 2. The first-order valence-corrected chi connectivity index (χ1v) is 25.6. The van der Waals surface area contributed by atoms with Crippen LogP contribution in [0.5, 0.6) is 28.7 Å². The van der Waals surface area contributed by atoms with Crippen LogP contribution < -0.4 is 34.7 Å². The predicted molar refractivity (Wildman–Crippen MR) is 285 cm³/mol. The number of anilines is 1. The van der Waals surface area contributed by atoms with Gasteiger partial charge in [0.25, 0.3) is 11.8 Å². The maximum Gasteiger partial charge on any atom is 0.355 e. The van der Waals surface area contributed by atoms with E-state index in [1.165, 1.54) is 35.9 Å². The largest absolute Gasteiger partial charge is 0.497 e. The van der Waals surface area contributed by atoms with Crippen LogP contribution in [0.25, 0.3) is 17.3 Å². The Labute approximate surface area is 446 Å². The van der Waals surface area contributed by atoms with Crippen LogP contribution >= 0.6 is 23.1 Å². The van der Waals surface area contributed by atoms with E-state index in [4.69, 9.17) is 48.3 Å². The number of rotatable bonds is 21. The monoisotopic (exact) mass is 1070 g/mol. The summed E-state index contributed by atoms with van der Waals surface area (Å²) in [6.45, 7) is 8.41. The van der Waals surface area contributed by atoms with Gasteiger partial charge >= 0.3 is 11.9 Å². The van der Waals surface area contributed by atoms with Crippen LogP contribution in [0.4, 0.5) is 5.13 Å². The molecule has 1 saturated heterocycles. The van der Waals surface area contributed by atoms with Crippen molar-refractivity contribution in [1.82, 2.24) is 20.4 Å². The van der Waals surface area contributed by atoms with E-state index in [2.05, 4.69) is 20.6 Å². The quantitative estimate of drug-likeness (QED) is 0.0297. The number of β-lactam (4-membered cyclic amide) rings is 1. The molecule has 2 atom stereocenters. The summed E-state index contributed by atoms with van der Waals surface area (Å²) in [7, 11) is 4.77. The third-order valence-corrected chi connectivity index (χ3v) is 13.5. The van der Waals surface area contributed by atoms with Crippen molar-refractivity contribution in [3.63, 3.8) is 0 Å². The number of thiazole rings is 1. The van der Waals surface area contributed by atoms with Gasteiger partial charge in [0.2, 0.25) is 5.60 Å². The Morgan fingerprint density at radius 2 is 1.39 bits per heavy atom. The lowest BCUT2D eigenvalue weighted by Crippen LogP contribution is -2.71. The minimum atomic E-state index is -1.62. The fourth-order valence-corrected chi connectivity index (χ4v) is 9.33. The Morgan fingerprint density at radius 3 is 1.96 bits per heavy atom. The second-order valence-electron chi connectivity index (χ2n) is 18.7. The van der Waals surface area contributed by atoms with Crippen LogP contribution in [0.3, 0.4) is 0 Å². The number of benzene rings is 4. The number of hydrogen-bond acceptors (Lipinski definition) is 19. The number of nitrogen functional groups attached to an aromatic ring is 1. The van der Waals surface area contributed by atoms with Crippen molar-refractivity contribution in [3.8, 4) is 40.0 Å². The topological polar surface area (TPSA) is 235 Å². The first-order chi connectivity index (χ1) is 36.4. The lowest BCUT2D eigenvalue weighted by molar-refractivity contribution is -0.179. The number of aromatic nitrogens is 2. The maximum absolute atomic E-state index is 14.2. The maximum atomic E-state index is 14.2. The van der Waals surface area contributed by atoms with Crippen LogP contribution in [0.15, 0.2) is 129 Å². The van der Waals surface area contributed by atoms with Crippen molar-refractivity contribution in [2.45, 2.75) is 77.1 Å². The molecule has 396 valence electrons. The summed E-state index contributed by atoms with van der Waals surface area (Å²) < 4.78 is 45.6. The number of ether oxygens (including phenoxy) is 7. The molecule has 4 aromatic carbocycles. The van der Waals surface area contributed by atoms with Crippen molar-refractivity contribution in [2.75, 3.05) is 32.8 Å². The third kappa shape index (κ3) is 13.1. The molecule has 0 bridgehead atoms. The van der Waals surface area contributed by atoms with Gasteiger partial charge in [0.15, 0.2) is 28.1 Å². The number of thioether (sulfide) groups is 1. The lowest BCUT2D eigenvalue weighted by Gasteiger charge is -2.49. The van der Waals surface area contributed by atoms with Crippen LogP contribution in [-0.2, 0) is 53.3 Å². The van der Waals surface area contributed by atoms with Crippen LogP contribution in [0.2, 0.25) is 0 Å². The highest BCUT2D eigenvalue weighted by Crippen LogP contribution is 2.42. The zero-order valence-electron chi connectivity index (χ0n) is 42.9. The average Bonchev–Trinajstić information content (AvgIpc) is 4.12. The molecule has 2 aliphatic heterocycles. The molecule has 8 rings (SSSR count). The summed E-state index contributed by atoms with van der Waals surface area (Å²) in [6, 6.07) is 28.2. The van der Waals surface area contributed by atoms with E-state index in [-0.39, 0.29) is 47.8 Å². The van der Waals surface area contributed by atoms with Crippen molar-refractivity contribution < 1.29 is 61.7 Å². The highest BCUT2D eigenvalue weighted by molar-refractivity contribution is 8.00. The molecule has 4 heterocycles. The third-order valence-electron chi connectivity index (χ3n) is 11.6. The Bertz CT molecular complexity index is 3160. The van der Waals surface area contributed by atoms with Gasteiger partial charge in [0, 0.05) is 22.8 Å². The fourth-order valence-electron chi connectivity index (χ4n) is 7.46. The molecular formula is C55H56N6O13S2. The van der Waals surface area contributed by atoms with Gasteiger partial charge < -0.3 is 53.6 Å². The van der Waals surface area contributed by atoms with E-state index in [9.17, 15) is 19.2 Å². The Kier molecular flexibility index (Phi) is 16.7. The minimum absolute atomic E-state index is 0.0174. The zero-order chi connectivity index (χ0) is 54.1. The molecule has 0 saturated carbocycles. The van der Waals surface area contributed by atoms with Gasteiger partial charge in [-0.25, -0.2) is 14.6 Å². The molecule has 0 radical (unpaired) electrons. The molecule has 0 spiro atoms. The Balaban J connectivity index is 1.03. The zero-order valence-corrected chi connectivity index (χ0v) is 44.6. The predicted octanol–water partition coefficient (Wildman–Crippen LogP) is 8.52. The highest BCUT2D eigenvalue weighted by Gasteiger charge is 2.54. The summed E-state index contributed by atoms with van der Waals surface area (Å²) in [5.41, 5.74) is 7.30. The summed E-state index contributed by atoms with van der Waals surface area (Å²) in [6.07, 6.45) is 3.30. The van der Waals surface area contributed by atoms with Gasteiger partial charge in [-0.15, -0.1) is 23.1 Å². The highest BCUT2D eigenvalue weighted by atomic mass is 32.2. The number of nitrogens with one attached hydrogen (secondary N) is 1. The number of nitrogens with zero attached hydrogens (tertiary/aromatic N) is 4. The molecule has 3 N–H and O–H groups in total. The van der Waals surface area contributed by atoms with E-state index in [1.807, 2.05) is 60.7 Å². The van der Waals surface area contributed by atoms with Gasteiger partial charge in [-0.05, 0) is 118 Å². The summed E-state index contributed by atoms with van der Waals surface area (Å²) in [4.78, 5) is 66.5. The summed E-state index contributed by atoms with van der Waals surface area (Å²) in [5, 5.41) is 12.0. The van der Waals surface area contributed by atoms with Crippen molar-refractivity contribution in [2.24, 2.45) is 5.16 Å². The molecular weight excluding hydrogens is 1020 g/mol. The van der Waals surface area contributed by atoms with E-state index in [0.29, 0.717) is 45.4 Å². The van der Waals surface area contributed by atoms with Gasteiger partial charge in [0.05, 0.1) is 21.3 Å². The molecule has 2 aliphatic rings. The number of fused-ring (bicyclic) bond motifs is 1. The number of allylic oxidation sites excluding steroid dienone is 1. The Morgan fingerprint density at radius 1 is 0.803 bits per heavy atom. The van der Waals surface area contributed by atoms with Gasteiger partial charge in [-0.2, -0.15) is 0 Å². The van der Waals surface area contributed by atoms with Gasteiger partial charge in [0.1, 0.15) is 71.2 Å². The Hall–Kier alpha value is -8.30. The molecule has 6 aromatic rings. The SMILES string of the molecule is COc1ccc(COC(=O)C2=C(/C=C/c3cc(-c4ccc(OCc5ccc(OC)cc5)c(OCc5ccc(OC)cc5)c4)no3)CS[C@@H]3[C@H](NC(=O)/C(=N\OC(C)(C)C(=O)OC(C)(C)C)c4csc(N)n4)C(=O)N23)cc1. The van der Waals surface area contributed by atoms with Crippen molar-refractivity contribution in [3.05, 3.63) is 148 Å². The van der Waals surface area contributed by atoms with E-state index < -0.39 is 46.4 Å². The molecule has 19 nitrogen and oxygen atoms in total. The van der Waals surface area contributed by atoms with Crippen LogP contribution in [0.1, 0.15) is 62.8 Å². The van der Waals surface area contributed by atoms with Crippen LogP contribution in [0, 0.1) is 0 Å². The van der Waals surface area contributed by atoms with E-state index in [1.54, 1.807) is 90.7 Å². The molecule has 0 aliphatic carbocycles. The second kappa shape index (κ2) is 23.5. The van der Waals surface area contributed by atoms with E-state index in [0.717, 1.165) is 34.0 Å². The molecule has 2 aromatic heterocycles. The number of carbonyl (C=O) groups excluding carboxylic acids is 4. The smallest absolute Gasteiger partial charge is 0.355 e. The summed E-state index contributed by atoms with van der Waals surface area (Å²) in [5.74, 6) is 0.700. The van der Waals surface area contributed by atoms with E-state index >= 15 is 0 Å². The molecule has 76 heavy (non-hydrogen) atoms. The normalized spacial score (nSPS) is 15.6. The average molecular weight is 1070 g/mol. The number of hydrogen-bond donors (Lipinski definition) is 2. The number of esters is 2. The standard InChI is InChI=1S/C55H56N6O13S2/c1-54(2,3)72-52(65)55(4,5)74-60-45(42-31-76-53(56)57-42)48(62)58-46-49(63)61-47(51(64)71-29-34-13-21-39(68-8)22-14-34)36(30-75-50(46)61)15-23-40-26-41(59-73-40)35-16-24-43(69-27-32-9-17-37(66-6)18-10-32)44(25-35)70-28-33-11-19-38(67-7)20-12-33/h9-26,31,46,50H,27-30H2,1-8H3,(H2,56,57)(H,58,62)/b23-15+,60-45-/t46-,50-/m1/s1. The number of methoxy groups -OCH3 is 3. The second-order valence-corrected chi connectivity index (χ2v) is 20.7. The number of carbonyl (C=O) groups is 4. The van der Waals surface area contributed by atoms with Gasteiger partial charge in [-0.1, -0.05) is 52.8 Å². The fraction of sp³-hybridized carbons (Fsp3) is 0.291. The minimum Gasteiger partial charge on any atom is -0.497 e. The number of oxime groups is 1. The van der Waals surface area contributed by atoms with Gasteiger partial charge in [-0.3, -0.25) is 14.5 Å². The lowest BCUT2D eigenvalue weighted by atomic mass is 10.0. The molecule has 1 fully saturated rings. The molecule has 2 amide bonds. The summed E-state index contributed by atoms with van der Waals surface area (Å²) >= 11 is 2.37. The van der Waals surface area contributed by atoms with Crippen LogP contribution in [-0.4, -0.2) is 94.2 Å². The molecule has 21 heteroatoms. The van der Waals surface area contributed by atoms with Crippen molar-refractivity contribution >= 4 is 63.8 Å². The number of nitrogens with two attached hydrogens (primary N) is 1. The first-order valence-electron chi connectivity index (χ1n) is 23.7.